The molecule has 1 aliphatic heterocycles. The highest BCUT2D eigenvalue weighted by molar-refractivity contribution is 6.32. The Labute approximate surface area is 228 Å². The van der Waals surface area contributed by atoms with Gasteiger partial charge in [0.25, 0.3) is 5.91 Å². The molecule has 1 atom stereocenters. The van der Waals surface area contributed by atoms with Crippen molar-refractivity contribution in [3.8, 4) is 34.3 Å². The number of carbonyl (C=O) groups is 2. The van der Waals surface area contributed by atoms with Crippen molar-refractivity contribution < 1.29 is 33.6 Å². The van der Waals surface area contributed by atoms with E-state index in [0.29, 0.717) is 53.1 Å². The van der Waals surface area contributed by atoms with Crippen LogP contribution >= 0.6 is 11.6 Å². The van der Waals surface area contributed by atoms with Crippen LogP contribution in [0, 0.1) is 0 Å². The quantitative estimate of drug-likeness (QED) is 0.253. The van der Waals surface area contributed by atoms with Crippen LogP contribution in [0.1, 0.15) is 28.4 Å². The Balaban J connectivity index is 1.23. The third-order valence-electron chi connectivity index (χ3n) is 5.92. The van der Waals surface area contributed by atoms with E-state index in [-0.39, 0.29) is 10.9 Å². The number of hydrogen-bond donors (Lipinski definition) is 2. The van der Waals surface area contributed by atoms with Gasteiger partial charge in [-0.05, 0) is 48.5 Å². The summed E-state index contributed by atoms with van der Waals surface area (Å²) in [4.78, 5) is 32.2. The molecule has 10 nitrogen and oxygen atoms in total. The zero-order valence-corrected chi connectivity index (χ0v) is 21.3. The second-order valence-electron chi connectivity index (χ2n) is 8.43. The van der Waals surface area contributed by atoms with Crippen LogP contribution < -0.4 is 19.5 Å². The number of carboxylic acid groups (broad SMARTS) is 1. The highest BCUT2D eigenvalue weighted by Gasteiger charge is 2.27. The van der Waals surface area contributed by atoms with Gasteiger partial charge in [0.05, 0.1) is 18.7 Å². The predicted molar refractivity (Wildman–Crippen MR) is 142 cm³/mol. The number of halogens is 1. The van der Waals surface area contributed by atoms with Gasteiger partial charge in [0.2, 0.25) is 5.88 Å². The van der Waals surface area contributed by atoms with Gasteiger partial charge in [-0.15, -0.1) is 0 Å². The Bertz CT molecular complexity index is 1490. The zero-order chi connectivity index (χ0) is 27.4. The normalized spacial score (nSPS) is 13.9. The number of carbonyl (C=O) groups excluding carboxylic acids is 1. The number of methoxy groups -OCH3 is 1. The lowest BCUT2D eigenvalue weighted by molar-refractivity contribution is 0.0326. The summed E-state index contributed by atoms with van der Waals surface area (Å²) < 4.78 is 21.5. The fourth-order valence-electron chi connectivity index (χ4n) is 3.98. The van der Waals surface area contributed by atoms with Gasteiger partial charge in [-0.2, -0.15) is 0 Å². The number of nitrogens with zero attached hydrogens (tertiary/aromatic N) is 2. The molecule has 0 fully saturated rings. The molecule has 2 aromatic heterocycles. The van der Waals surface area contributed by atoms with Gasteiger partial charge in [0.1, 0.15) is 29.2 Å². The Morgan fingerprint density at radius 1 is 1.03 bits per heavy atom. The highest BCUT2D eigenvalue weighted by Crippen LogP contribution is 2.42. The summed E-state index contributed by atoms with van der Waals surface area (Å²) in [5.41, 5.74) is 2.66. The van der Waals surface area contributed by atoms with Crippen LogP contribution in [0.3, 0.4) is 0 Å². The number of nitrogens with one attached hydrogen (secondary N) is 1. The first-order chi connectivity index (χ1) is 18.9. The zero-order valence-electron chi connectivity index (χ0n) is 20.6. The molecule has 39 heavy (non-hydrogen) atoms. The summed E-state index contributed by atoms with van der Waals surface area (Å²) in [7, 11) is 1.55. The van der Waals surface area contributed by atoms with Crippen molar-refractivity contribution in [2.24, 2.45) is 0 Å². The van der Waals surface area contributed by atoms with Crippen LogP contribution in [-0.4, -0.2) is 40.9 Å². The Morgan fingerprint density at radius 3 is 2.41 bits per heavy atom. The van der Waals surface area contributed by atoms with Crippen molar-refractivity contribution in [2.45, 2.75) is 12.5 Å². The van der Waals surface area contributed by atoms with Crippen LogP contribution in [0.25, 0.3) is 11.1 Å². The number of ether oxygens (including phenoxy) is 4. The first-order valence-electron chi connectivity index (χ1n) is 11.8. The van der Waals surface area contributed by atoms with Crippen LogP contribution in [0.2, 0.25) is 5.02 Å². The van der Waals surface area contributed by atoms with E-state index in [1.807, 2.05) is 12.1 Å². The maximum Gasteiger partial charge on any atom is 0.506 e. The van der Waals surface area contributed by atoms with E-state index < -0.39 is 12.3 Å². The first-order valence-corrected chi connectivity index (χ1v) is 12.2. The van der Waals surface area contributed by atoms with E-state index in [4.69, 9.17) is 35.7 Å². The predicted octanol–water partition coefficient (Wildman–Crippen LogP) is 6.37. The van der Waals surface area contributed by atoms with Crippen molar-refractivity contribution in [3.05, 3.63) is 89.2 Å². The molecule has 4 aromatic rings. The van der Waals surface area contributed by atoms with Crippen molar-refractivity contribution in [1.82, 2.24) is 9.97 Å². The van der Waals surface area contributed by atoms with Gasteiger partial charge in [0.15, 0.2) is 0 Å². The smallest absolute Gasteiger partial charge is 0.493 e. The number of fused-ring (bicyclic) bond motifs is 1. The van der Waals surface area contributed by atoms with E-state index in [1.54, 1.807) is 68.0 Å². The molecule has 1 amide bonds. The SMILES string of the molecule is COc1ccc(-c2ccc(NC(=O)c3ccc(Oc4cc5c(cc4Cl)C(OC(=O)O)CCO5)cc3)nc2)cn1. The van der Waals surface area contributed by atoms with Gasteiger partial charge in [-0.1, -0.05) is 11.6 Å². The molecule has 0 saturated heterocycles. The molecule has 2 N–H and O–H groups in total. The van der Waals surface area contributed by atoms with Gasteiger partial charge >= 0.3 is 6.16 Å². The van der Waals surface area contributed by atoms with Crippen molar-refractivity contribution in [1.29, 1.82) is 0 Å². The summed E-state index contributed by atoms with van der Waals surface area (Å²) in [6.45, 7) is 0.298. The van der Waals surface area contributed by atoms with Crippen molar-refractivity contribution >= 4 is 29.5 Å². The lowest BCUT2D eigenvalue weighted by Gasteiger charge is -2.25. The van der Waals surface area contributed by atoms with Gasteiger partial charge in [0, 0.05) is 53.2 Å². The molecule has 0 radical (unpaired) electrons. The maximum absolute atomic E-state index is 12.7. The van der Waals surface area contributed by atoms with Crippen LogP contribution in [-0.2, 0) is 4.74 Å². The first kappa shape index (κ1) is 25.8. The summed E-state index contributed by atoms with van der Waals surface area (Å²) in [5.74, 6) is 1.78. The number of pyridine rings is 2. The number of rotatable bonds is 7. The third-order valence-corrected chi connectivity index (χ3v) is 6.22. The minimum absolute atomic E-state index is 0.264. The average molecular weight is 548 g/mol. The summed E-state index contributed by atoms with van der Waals surface area (Å²) in [6.07, 6.45) is 1.69. The molecule has 2 aromatic carbocycles. The summed E-state index contributed by atoms with van der Waals surface area (Å²) >= 11 is 6.39. The minimum atomic E-state index is -1.37. The molecule has 0 saturated carbocycles. The average Bonchev–Trinajstić information content (AvgIpc) is 2.94. The molecule has 0 aliphatic carbocycles. The van der Waals surface area contributed by atoms with Gasteiger partial charge in [-0.25, -0.2) is 14.8 Å². The molecule has 0 spiro atoms. The lowest BCUT2D eigenvalue weighted by Crippen LogP contribution is -2.18. The summed E-state index contributed by atoms with van der Waals surface area (Å²) in [5, 5.41) is 12.0. The highest BCUT2D eigenvalue weighted by atomic mass is 35.5. The second kappa shape index (κ2) is 11.3. The topological polar surface area (TPSA) is 129 Å². The van der Waals surface area contributed by atoms with E-state index >= 15 is 0 Å². The van der Waals surface area contributed by atoms with Gasteiger partial charge < -0.3 is 29.4 Å². The number of amides is 1. The fourth-order valence-corrected chi connectivity index (χ4v) is 4.19. The number of anilines is 1. The monoisotopic (exact) mass is 547 g/mol. The molecule has 198 valence electrons. The molecule has 0 bridgehead atoms. The molecular weight excluding hydrogens is 526 g/mol. The largest absolute Gasteiger partial charge is 0.506 e. The molecular formula is C28H22ClN3O7. The van der Waals surface area contributed by atoms with E-state index in [1.165, 1.54) is 0 Å². The molecule has 1 unspecified atom stereocenters. The van der Waals surface area contributed by atoms with Crippen molar-refractivity contribution in [3.63, 3.8) is 0 Å². The van der Waals surface area contributed by atoms with Crippen LogP contribution in [0.5, 0.6) is 23.1 Å². The van der Waals surface area contributed by atoms with Crippen LogP contribution in [0.15, 0.2) is 73.1 Å². The van der Waals surface area contributed by atoms with Crippen molar-refractivity contribution in [2.75, 3.05) is 19.0 Å². The van der Waals surface area contributed by atoms with Gasteiger partial charge in [-0.3, -0.25) is 4.79 Å². The fraction of sp³-hybridized carbons (Fsp3) is 0.143. The van der Waals surface area contributed by atoms with E-state index in [9.17, 15) is 9.59 Å². The maximum atomic E-state index is 12.7. The summed E-state index contributed by atoms with van der Waals surface area (Å²) in [6, 6.07) is 16.8. The Hall–Kier alpha value is -4.83. The number of aromatic nitrogens is 2. The molecule has 3 heterocycles. The number of benzene rings is 2. The molecule has 11 heteroatoms. The minimum Gasteiger partial charge on any atom is -0.493 e. The Kier molecular flexibility index (Phi) is 7.46. The lowest BCUT2D eigenvalue weighted by atomic mass is 10.0. The molecule has 5 rings (SSSR count). The molecule has 1 aliphatic rings. The van der Waals surface area contributed by atoms with E-state index in [2.05, 4.69) is 15.3 Å². The second-order valence-corrected chi connectivity index (χ2v) is 8.84. The van der Waals surface area contributed by atoms with Crippen LogP contribution in [0.4, 0.5) is 10.6 Å². The van der Waals surface area contributed by atoms with E-state index in [0.717, 1.165) is 11.1 Å². The number of hydrogen-bond acceptors (Lipinski definition) is 8. The Morgan fingerprint density at radius 2 is 1.77 bits per heavy atom. The standard InChI is InChI=1S/C28H22ClN3O7/c1-36-26-9-5-18(15-31-26)17-4-8-25(30-14-17)32-27(33)16-2-6-19(7-3-16)38-24-13-23-20(12-21(24)29)22(10-11-37-23)39-28(34)35/h2-9,12-15,22H,10-11H2,1H3,(H,34,35)(H,30,32,33). The third kappa shape index (κ3) is 6.02.